The van der Waals surface area contributed by atoms with E-state index < -0.39 is 5.92 Å². The van der Waals surface area contributed by atoms with E-state index in [1.807, 2.05) is 6.92 Å². The van der Waals surface area contributed by atoms with Crippen LogP contribution in [0.25, 0.3) is 0 Å². The Morgan fingerprint density at radius 3 is 2.18 bits per heavy atom. The molecule has 0 aliphatic heterocycles. The van der Waals surface area contributed by atoms with Crippen LogP contribution in [0.2, 0.25) is 0 Å². The standard InChI is InChI=1S/C14H20O2S/c1-5-6-12(13-8-7-9(2)17-13)14(10(3)15)11(4)16/h7-8,12,14H,5-6H2,1-4H3. The summed E-state index contributed by atoms with van der Waals surface area (Å²) in [4.78, 5) is 25.7. The van der Waals surface area contributed by atoms with E-state index in [1.54, 1.807) is 11.3 Å². The van der Waals surface area contributed by atoms with E-state index in [0.717, 1.165) is 12.8 Å². The van der Waals surface area contributed by atoms with Gasteiger partial charge in [0.15, 0.2) is 0 Å². The Morgan fingerprint density at radius 2 is 1.82 bits per heavy atom. The third-order valence-electron chi connectivity index (χ3n) is 3.00. The molecule has 1 rings (SSSR count). The maximum Gasteiger partial charge on any atom is 0.140 e. The van der Waals surface area contributed by atoms with Gasteiger partial charge in [-0.1, -0.05) is 13.3 Å². The summed E-state index contributed by atoms with van der Waals surface area (Å²) in [5.74, 6) is -0.425. The highest BCUT2D eigenvalue weighted by Gasteiger charge is 2.30. The van der Waals surface area contributed by atoms with Crippen molar-refractivity contribution < 1.29 is 9.59 Å². The van der Waals surface area contributed by atoms with E-state index in [2.05, 4.69) is 19.1 Å². The van der Waals surface area contributed by atoms with Crippen molar-refractivity contribution in [1.29, 1.82) is 0 Å². The van der Waals surface area contributed by atoms with Crippen molar-refractivity contribution in [3.05, 3.63) is 21.9 Å². The van der Waals surface area contributed by atoms with Crippen molar-refractivity contribution in [1.82, 2.24) is 0 Å². The van der Waals surface area contributed by atoms with Crippen LogP contribution in [0.3, 0.4) is 0 Å². The molecular formula is C14H20O2S. The quantitative estimate of drug-likeness (QED) is 0.723. The van der Waals surface area contributed by atoms with Crippen molar-refractivity contribution >= 4 is 22.9 Å². The lowest BCUT2D eigenvalue weighted by Gasteiger charge is -2.21. The van der Waals surface area contributed by atoms with Gasteiger partial charge in [-0.3, -0.25) is 9.59 Å². The van der Waals surface area contributed by atoms with Crippen LogP contribution in [0.1, 0.15) is 49.3 Å². The molecule has 1 unspecified atom stereocenters. The largest absolute Gasteiger partial charge is 0.299 e. The maximum absolute atomic E-state index is 11.7. The minimum Gasteiger partial charge on any atom is -0.299 e. The zero-order valence-corrected chi connectivity index (χ0v) is 11.8. The number of carbonyl (C=O) groups excluding carboxylic acids is 2. The van der Waals surface area contributed by atoms with Gasteiger partial charge in [-0.05, 0) is 39.3 Å². The number of ketones is 2. The first-order chi connectivity index (χ1) is 7.97. The lowest BCUT2D eigenvalue weighted by atomic mass is 9.82. The molecule has 0 saturated carbocycles. The Balaban J connectivity index is 3.06. The van der Waals surface area contributed by atoms with Crippen LogP contribution >= 0.6 is 11.3 Å². The smallest absolute Gasteiger partial charge is 0.140 e. The molecule has 0 bridgehead atoms. The van der Waals surface area contributed by atoms with Crippen LogP contribution in [-0.2, 0) is 9.59 Å². The highest BCUT2D eigenvalue weighted by molar-refractivity contribution is 7.12. The molecule has 0 aliphatic rings. The zero-order valence-electron chi connectivity index (χ0n) is 10.9. The van der Waals surface area contributed by atoms with Gasteiger partial charge in [0.2, 0.25) is 0 Å². The highest BCUT2D eigenvalue weighted by atomic mass is 32.1. The SMILES string of the molecule is CCCC(c1ccc(C)s1)C(C(C)=O)C(C)=O. The molecule has 0 amide bonds. The van der Waals surface area contributed by atoms with Crippen LogP contribution in [0.15, 0.2) is 12.1 Å². The van der Waals surface area contributed by atoms with Gasteiger partial charge in [-0.15, -0.1) is 11.3 Å². The highest BCUT2D eigenvalue weighted by Crippen LogP contribution is 2.35. The molecule has 1 atom stereocenters. The Bertz CT molecular complexity index is 392. The van der Waals surface area contributed by atoms with E-state index >= 15 is 0 Å². The molecule has 94 valence electrons. The van der Waals surface area contributed by atoms with Gasteiger partial charge < -0.3 is 0 Å². The maximum atomic E-state index is 11.7. The summed E-state index contributed by atoms with van der Waals surface area (Å²) in [5.41, 5.74) is 0. The number of aryl methyl sites for hydroxylation is 1. The van der Waals surface area contributed by atoms with Crippen LogP contribution in [0.5, 0.6) is 0 Å². The van der Waals surface area contributed by atoms with Crippen LogP contribution in [0, 0.1) is 12.8 Å². The van der Waals surface area contributed by atoms with Crippen molar-refractivity contribution in [2.45, 2.75) is 46.5 Å². The number of hydrogen-bond donors (Lipinski definition) is 0. The fraction of sp³-hybridized carbons (Fsp3) is 0.571. The molecule has 1 heterocycles. The lowest BCUT2D eigenvalue weighted by molar-refractivity contribution is -0.131. The molecule has 0 aliphatic carbocycles. The van der Waals surface area contributed by atoms with E-state index in [4.69, 9.17) is 0 Å². The average molecular weight is 252 g/mol. The zero-order chi connectivity index (χ0) is 13.0. The molecule has 17 heavy (non-hydrogen) atoms. The normalized spacial score (nSPS) is 12.8. The van der Waals surface area contributed by atoms with Crippen molar-refractivity contribution in [2.75, 3.05) is 0 Å². The van der Waals surface area contributed by atoms with Crippen molar-refractivity contribution in [3.8, 4) is 0 Å². The summed E-state index contributed by atoms with van der Waals surface area (Å²) in [6.45, 7) is 7.18. The molecule has 0 fully saturated rings. The third kappa shape index (κ3) is 3.50. The number of hydrogen-bond acceptors (Lipinski definition) is 3. The molecular weight excluding hydrogens is 232 g/mol. The first-order valence-corrected chi connectivity index (χ1v) is 6.86. The summed E-state index contributed by atoms with van der Waals surface area (Å²) >= 11 is 1.69. The molecule has 3 heteroatoms. The fourth-order valence-electron chi connectivity index (χ4n) is 2.29. The van der Waals surface area contributed by atoms with Gasteiger partial charge in [0.05, 0.1) is 5.92 Å². The molecule has 0 radical (unpaired) electrons. The minimum absolute atomic E-state index is 0.0120. The van der Waals surface area contributed by atoms with E-state index in [9.17, 15) is 9.59 Å². The van der Waals surface area contributed by atoms with E-state index in [-0.39, 0.29) is 17.5 Å². The summed E-state index contributed by atoms with van der Waals surface area (Å²) in [6.07, 6.45) is 1.88. The second-order valence-electron chi connectivity index (χ2n) is 4.54. The average Bonchev–Trinajstić information content (AvgIpc) is 2.63. The molecule has 0 saturated heterocycles. The van der Waals surface area contributed by atoms with Crippen molar-refractivity contribution in [2.24, 2.45) is 5.92 Å². The predicted molar refractivity (Wildman–Crippen MR) is 71.6 cm³/mol. The summed E-state index contributed by atoms with van der Waals surface area (Å²) < 4.78 is 0. The molecule has 1 aromatic heterocycles. The Morgan fingerprint density at radius 1 is 1.24 bits per heavy atom. The van der Waals surface area contributed by atoms with Gasteiger partial charge in [-0.2, -0.15) is 0 Å². The van der Waals surface area contributed by atoms with Crippen LogP contribution < -0.4 is 0 Å². The van der Waals surface area contributed by atoms with E-state index in [0.29, 0.717) is 0 Å². The van der Waals surface area contributed by atoms with Crippen molar-refractivity contribution in [3.63, 3.8) is 0 Å². The van der Waals surface area contributed by atoms with Gasteiger partial charge in [0, 0.05) is 15.7 Å². The number of Topliss-reactive ketones (excluding diaryl/α,β-unsaturated/α-hetero) is 2. The first kappa shape index (κ1) is 14.1. The molecule has 0 spiro atoms. The topological polar surface area (TPSA) is 34.1 Å². The molecule has 1 aromatic rings. The van der Waals surface area contributed by atoms with Crippen LogP contribution in [0.4, 0.5) is 0 Å². The number of carbonyl (C=O) groups is 2. The van der Waals surface area contributed by atoms with Gasteiger partial charge in [-0.25, -0.2) is 0 Å². The lowest BCUT2D eigenvalue weighted by Crippen LogP contribution is -2.26. The second kappa shape index (κ2) is 6.10. The first-order valence-electron chi connectivity index (χ1n) is 6.04. The van der Waals surface area contributed by atoms with Gasteiger partial charge in [0.1, 0.15) is 11.6 Å². The summed E-state index contributed by atoms with van der Waals surface area (Å²) in [7, 11) is 0. The summed E-state index contributed by atoms with van der Waals surface area (Å²) in [6, 6.07) is 4.11. The van der Waals surface area contributed by atoms with Gasteiger partial charge >= 0.3 is 0 Å². The number of rotatable bonds is 6. The third-order valence-corrected chi connectivity index (χ3v) is 4.14. The van der Waals surface area contributed by atoms with E-state index in [1.165, 1.54) is 23.6 Å². The van der Waals surface area contributed by atoms with Crippen LogP contribution in [-0.4, -0.2) is 11.6 Å². The Kier molecular flexibility index (Phi) is 5.06. The number of thiophene rings is 1. The molecule has 2 nitrogen and oxygen atoms in total. The fourth-order valence-corrected chi connectivity index (χ4v) is 3.34. The second-order valence-corrected chi connectivity index (χ2v) is 5.86. The molecule has 0 aromatic carbocycles. The monoisotopic (exact) mass is 252 g/mol. The predicted octanol–water partition coefficient (Wildman–Crippen LogP) is 3.73. The van der Waals surface area contributed by atoms with Gasteiger partial charge in [0.25, 0.3) is 0 Å². The Labute approximate surface area is 107 Å². The molecule has 0 N–H and O–H groups in total. The summed E-state index contributed by atoms with van der Waals surface area (Å²) in [5, 5.41) is 0. The Hall–Kier alpha value is -0.960. The minimum atomic E-state index is -0.465.